The first-order valence-corrected chi connectivity index (χ1v) is 10.2. The standard InChI is InChI=1S/C20H21N3O3S/c1-2-3-5-17-19(6-4-7-20(17)27(21,24)25)26-16-10-8-15(9-11-16)18-12-13-22-14-23-18/h4,6-14H,2-3,5H2,1H3,(H2,21,24,25). The van der Waals surface area contributed by atoms with Crippen LogP contribution in [-0.2, 0) is 16.4 Å². The second-order valence-electron chi connectivity index (χ2n) is 6.10. The Morgan fingerprint density at radius 3 is 2.48 bits per heavy atom. The number of sulfonamides is 1. The molecule has 2 aromatic carbocycles. The zero-order chi connectivity index (χ0) is 19.3. The highest BCUT2D eigenvalue weighted by atomic mass is 32.2. The molecule has 0 saturated heterocycles. The molecule has 140 valence electrons. The van der Waals surface area contributed by atoms with Gasteiger partial charge in [0, 0.05) is 17.3 Å². The summed E-state index contributed by atoms with van der Waals surface area (Å²) in [6.07, 6.45) is 5.54. The lowest BCUT2D eigenvalue weighted by molar-refractivity contribution is 0.472. The maximum atomic E-state index is 11.9. The van der Waals surface area contributed by atoms with Crippen LogP contribution in [0.5, 0.6) is 11.5 Å². The van der Waals surface area contributed by atoms with E-state index in [0.29, 0.717) is 23.5 Å². The van der Waals surface area contributed by atoms with Gasteiger partial charge in [-0.2, -0.15) is 0 Å². The first kappa shape index (κ1) is 19.0. The number of nitrogens with zero attached hydrogens (tertiary/aromatic N) is 2. The van der Waals surface area contributed by atoms with Gasteiger partial charge in [0.1, 0.15) is 17.8 Å². The molecule has 0 aliphatic rings. The lowest BCUT2D eigenvalue weighted by atomic mass is 10.1. The maximum absolute atomic E-state index is 11.9. The van der Waals surface area contributed by atoms with E-state index in [9.17, 15) is 8.42 Å². The van der Waals surface area contributed by atoms with Crippen LogP contribution in [0.3, 0.4) is 0 Å². The van der Waals surface area contributed by atoms with Gasteiger partial charge in [0.15, 0.2) is 0 Å². The number of rotatable bonds is 7. The summed E-state index contributed by atoms with van der Waals surface area (Å²) >= 11 is 0. The average molecular weight is 383 g/mol. The molecule has 0 fully saturated rings. The van der Waals surface area contributed by atoms with Crippen molar-refractivity contribution in [3.63, 3.8) is 0 Å². The molecule has 1 aromatic heterocycles. The van der Waals surface area contributed by atoms with E-state index in [1.807, 2.05) is 37.3 Å². The third-order valence-electron chi connectivity index (χ3n) is 4.14. The van der Waals surface area contributed by atoms with E-state index >= 15 is 0 Å². The van der Waals surface area contributed by atoms with Crippen LogP contribution >= 0.6 is 0 Å². The highest BCUT2D eigenvalue weighted by Crippen LogP contribution is 2.32. The number of unbranched alkanes of at least 4 members (excludes halogenated alkanes) is 1. The lowest BCUT2D eigenvalue weighted by Crippen LogP contribution is -2.15. The normalized spacial score (nSPS) is 11.3. The highest BCUT2D eigenvalue weighted by molar-refractivity contribution is 7.89. The minimum atomic E-state index is -3.82. The Kier molecular flexibility index (Phi) is 5.83. The smallest absolute Gasteiger partial charge is 0.238 e. The number of hydrogen-bond acceptors (Lipinski definition) is 5. The van der Waals surface area contributed by atoms with E-state index in [4.69, 9.17) is 9.88 Å². The van der Waals surface area contributed by atoms with Gasteiger partial charge in [-0.25, -0.2) is 23.5 Å². The van der Waals surface area contributed by atoms with Crippen LogP contribution in [0.2, 0.25) is 0 Å². The van der Waals surface area contributed by atoms with Gasteiger partial charge in [0.2, 0.25) is 10.0 Å². The van der Waals surface area contributed by atoms with Crippen LogP contribution in [0.15, 0.2) is 66.0 Å². The molecule has 0 spiro atoms. The first-order chi connectivity index (χ1) is 13.0. The van der Waals surface area contributed by atoms with Crippen LogP contribution in [0.1, 0.15) is 25.3 Å². The van der Waals surface area contributed by atoms with Gasteiger partial charge in [-0.15, -0.1) is 0 Å². The van der Waals surface area contributed by atoms with Crippen LogP contribution in [0.4, 0.5) is 0 Å². The number of nitrogens with two attached hydrogens (primary N) is 1. The molecular formula is C20H21N3O3S. The summed E-state index contributed by atoms with van der Waals surface area (Å²) in [5.41, 5.74) is 2.37. The molecule has 3 aromatic rings. The van der Waals surface area contributed by atoms with Crippen molar-refractivity contribution in [1.82, 2.24) is 9.97 Å². The summed E-state index contributed by atoms with van der Waals surface area (Å²) in [6, 6.07) is 14.2. The van der Waals surface area contributed by atoms with Crippen molar-refractivity contribution in [2.75, 3.05) is 0 Å². The van der Waals surface area contributed by atoms with E-state index in [0.717, 1.165) is 24.1 Å². The fourth-order valence-electron chi connectivity index (χ4n) is 2.79. The predicted molar refractivity (Wildman–Crippen MR) is 104 cm³/mol. The summed E-state index contributed by atoms with van der Waals surface area (Å²) in [5, 5.41) is 5.38. The fourth-order valence-corrected chi connectivity index (χ4v) is 3.60. The molecule has 0 unspecified atom stereocenters. The largest absolute Gasteiger partial charge is 0.457 e. The zero-order valence-electron chi connectivity index (χ0n) is 15.0. The fraction of sp³-hybridized carbons (Fsp3) is 0.200. The molecule has 27 heavy (non-hydrogen) atoms. The Morgan fingerprint density at radius 1 is 1.07 bits per heavy atom. The van der Waals surface area contributed by atoms with E-state index in [-0.39, 0.29) is 4.90 Å². The van der Waals surface area contributed by atoms with E-state index in [2.05, 4.69) is 9.97 Å². The van der Waals surface area contributed by atoms with E-state index in [1.165, 1.54) is 12.4 Å². The Balaban J connectivity index is 1.91. The van der Waals surface area contributed by atoms with Gasteiger partial charge in [0.05, 0.1) is 10.6 Å². The molecule has 0 atom stereocenters. The summed E-state index contributed by atoms with van der Waals surface area (Å²) in [5.74, 6) is 1.11. The van der Waals surface area contributed by atoms with Gasteiger partial charge >= 0.3 is 0 Å². The van der Waals surface area contributed by atoms with Gasteiger partial charge in [-0.1, -0.05) is 19.4 Å². The quantitative estimate of drug-likeness (QED) is 0.667. The first-order valence-electron chi connectivity index (χ1n) is 8.68. The van der Waals surface area contributed by atoms with Gasteiger partial charge in [-0.05, 0) is 55.3 Å². The van der Waals surface area contributed by atoms with E-state index < -0.39 is 10.0 Å². The molecular weight excluding hydrogens is 362 g/mol. The number of benzene rings is 2. The third kappa shape index (κ3) is 4.69. The number of hydrogen-bond donors (Lipinski definition) is 1. The Hall–Kier alpha value is -2.77. The molecule has 7 heteroatoms. The van der Waals surface area contributed by atoms with Crippen LogP contribution < -0.4 is 9.88 Å². The predicted octanol–water partition coefficient (Wildman–Crippen LogP) is 3.93. The number of ether oxygens (including phenoxy) is 1. The summed E-state index contributed by atoms with van der Waals surface area (Å²) in [6.45, 7) is 2.05. The monoisotopic (exact) mass is 383 g/mol. The molecule has 0 amide bonds. The Bertz CT molecular complexity index is 1000. The molecule has 1 heterocycles. The van der Waals surface area contributed by atoms with Crippen LogP contribution in [-0.4, -0.2) is 18.4 Å². The summed E-state index contributed by atoms with van der Waals surface area (Å²) in [4.78, 5) is 8.24. The van der Waals surface area contributed by atoms with Crippen molar-refractivity contribution in [2.45, 2.75) is 31.1 Å². The molecule has 0 bridgehead atoms. The lowest BCUT2D eigenvalue weighted by Gasteiger charge is -2.14. The van der Waals surface area contributed by atoms with Crippen molar-refractivity contribution >= 4 is 10.0 Å². The molecule has 6 nitrogen and oxygen atoms in total. The van der Waals surface area contributed by atoms with Crippen molar-refractivity contribution in [3.8, 4) is 22.8 Å². The zero-order valence-corrected chi connectivity index (χ0v) is 15.8. The molecule has 3 rings (SSSR count). The van der Waals surface area contributed by atoms with Crippen molar-refractivity contribution in [2.24, 2.45) is 5.14 Å². The average Bonchev–Trinajstić information content (AvgIpc) is 2.67. The summed E-state index contributed by atoms with van der Waals surface area (Å²) < 4.78 is 29.8. The molecule has 0 aliphatic carbocycles. The van der Waals surface area contributed by atoms with Crippen molar-refractivity contribution in [1.29, 1.82) is 0 Å². The topological polar surface area (TPSA) is 95.2 Å². The number of primary sulfonamides is 1. The number of aromatic nitrogens is 2. The van der Waals surface area contributed by atoms with Crippen LogP contribution in [0, 0.1) is 0 Å². The molecule has 0 saturated carbocycles. The molecule has 0 radical (unpaired) electrons. The van der Waals surface area contributed by atoms with Gasteiger partial charge < -0.3 is 4.74 Å². The highest BCUT2D eigenvalue weighted by Gasteiger charge is 2.18. The molecule has 0 aliphatic heterocycles. The van der Waals surface area contributed by atoms with Crippen LogP contribution in [0.25, 0.3) is 11.3 Å². The SMILES string of the molecule is CCCCc1c(Oc2ccc(-c3ccncn3)cc2)cccc1S(N)(=O)=O. The Morgan fingerprint density at radius 2 is 1.85 bits per heavy atom. The Labute approximate surface area is 159 Å². The second-order valence-corrected chi connectivity index (χ2v) is 7.63. The van der Waals surface area contributed by atoms with Gasteiger partial charge in [-0.3, -0.25) is 0 Å². The minimum Gasteiger partial charge on any atom is -0.457 e. The molecule has 2 N–H and O–H groups in total. The minimum absolute atomic E-state index is 0.117. The second kappa shape index (κ2) is 8.28. The van der Waals surface area contributed by atoms with Gasteiger partial charge in [0.25, 0.3) is 0 Å². The van der Waals surface area contributed by atoms with E-state index in [1.54, 1.807) is 18.3 Å². The van der Waals surface area contributed by atoms with Crippen molar-refractivity contribution < 1.29 is 13.2 Å². The third-order valence-corrected chi connectivity index (χ3v) is 5.13. The maximum Gasteiger partial charge on any atom is 0.238 e. The summed E-state index contributed by atoms with van der Waals surface area (Å²) in [7, 11) is -3.82. The van der Waals surface area contributed by atoms with Crippen molar-refractivity contribution in [3.05, 3.63) is 66.6 Å².